The lowest BCUT2D eigenvalue weighted by Gasteiger charge is -2.37. The topological polar surface area (TPSA) is 23.6 Å². The van der Waals surface area contributed by atoms with E-state index in [0.29, 0.717) is 6.04 Å². The van der Waals surface area contributed by atoms with E-state index in [2.05, 4.69) is 83.1 Å². The van der Waals surface area contributed by atoms with Crippen LogP contribution in [0.2, 0.25) is 0 Å². The molecule has 2 heterocycles. The minimum atomic E-state index is 0.0834. The molecule has 1 saturated heterocycles. The number of nitrogens with zero attached hydrogens (tertiary/aromatic N) is 2. The molecule has 0 saturated carbocycles. The summed E-state index contributed by atoms with van der Waals surface area (Å²) in [6.45, 7) is 6.46. The number of fused-ring (bicyclic) bond motifs is 4. The van der Waals surface area contributed by atoms with E-state index in [9.17, 15) is 4.79 Å². The third-order valence-corrected chi connectivity index (χ3v) is 10.1. The number of likely N-dealkylation sites (tertiary alicyclic amines) is 1. The standard InChI is InChI=1S/C32H36N2OS/c1-2-18-32(29-14-7-5-12-27(29)28-13-6-8-15-30(28)32)36-22-9-19-33-20-16-25(17-21-33)34-23-24-10-3-4-11-26(24)31(34)35/h3-8,10-15,25H,2,9,16-23H2,1H3. The maximum Gasteiger partial charge on any atom is 0.254 e. The highest BCUT2D eigenvalue weighted by atomic mass is 32.2. The summed E-state index contributed by atoms with van der Waals surface area (Å²) in [6, 6.07) is 26.6. The van der Waals surface area contributed by atoms with Gasteiger partial charge in [-0.2, -0.15) is 0 Å². The predicted octanol–water partition coefficient (Wildman–Crippen LogP) is 6.95. The lowest BCUT2D eigenvalue weighted by atomic mass is 9.91. The van der Waals surface area contributed by atoms with Crippen molar-refractivity contribution in [2.45, 2.75) is 56.4 Å². The third kappa shape index (κ3) is 4.09. The van der Waals surface area contributed by atoms with Crippen LogP contribution in [0.5, 0.6) is 0 Å². The summed E-state index contributed by atoms with van der Waals surface area (Å²) in [6.07, 6.45) is 5.76. The quantitative estimate of drug-likeness (QED) is 0.315. The second kappa shape index (κ2) is 10.1. The molecule has 3 aliphatic rings. The average Bonchev–Trinajstić information content (AvgIpc) is 3.41. The molecule has 186 valence electrons. The SMILES string of the molecule is CCCC1(SCCCN2CCC(N3Cc4ccccc4C3=O)CC2)c2ccccc2-c2ccccc21. The zero-order valence-electron chi connectivity index (χ0n) is 21.3. The molecule has 2 aliphatic heterocycles. The van der Waals surface area contributed by atoms with Crippen LogP contribution in [-0.2, 0) is 11.3 Å². The van der Waals surface area contributed by atoms with Gasteiger partial charge in [0.2, 0.25) is 0 Å². The summed E-state index contributed by atoms with van der Waals surface area (Å²) in [5.74, 6) is 1.40. The number of carbonyl (C=O) groups excluding carboxylic acids is 1. The van der Waals surface area contributed by atoms with Gasteiger partial charge in [0.05, 0.1) is 4.75 Å². The molecule has 0 radical (unpaired) electrons. The Balaban J connectivity index is 1.05. The maximum atomic E-state index is 12.9. The van der Waals surface area contributed by atoms with Gasteiger partial charge < -0.3 is 9.80 Å². The second-order valence-electron chi connectivity index (χ2n) is 10.5. The molecule has 4 heteroatoms. The van der Waals surface area contributed by atoms with Crippen LogP contribution in [-0.4, -0.2) is 47.1 Å². The first-order chi connectivity index (χ1) is 17.7. The molecule has 1 aliphatic carbocycles. The van der Waals surface area contributed by atoms with Gasteiger partial charge in [-0.15, -0.1) is 11.8 Å². The molecule has 0 N–H and O–H groups in total. The Hall–Kier alpha value is -2.56. The number of hydrogen-bond donors (Lipinski definition) is 0. The van der Waals surface area contributed by atoms with E-state index >= 15 is 0 Å². The van der Waals surface area contributed by atoms with Gasteiger partial charge in [-0.1, -0.05) is 80.1 Å². The molecule has 6 rings (SSSR count). The predicted molar refractivity (Wildman–Crippen MR) is 150 cm³/mol. The van der Waals surface area contributed by atoms with Gasteiger partial charge in [-0.25, -0.2) is 0 Å². The fraction of sp³-hybridized carbons (Fsp3) is 0.406. The largest absolute Gasteiger partial charge is 0.331 e. The number of carbonyl (C=O) groups is 1. The summed E-state index contributed by atoms with van der Waals surface area (Å²) in [4.78, 5) is 17.6. The minimum absolute atomic E-state index is 0.0834. The zero-order chi connectivity index (χ0) is 24.5. The van der Waals surface area contributed by atoms with Gasteiger partial charge in [0, 0.05) is 31.2 Å². The summed E-state index contributed by atoms with van der Waals surface area (Å²) in [5.41, 5.74) is 7.97. The highest BCUT2D eigenvalue weighted by molar-refractivity contribution is 8.00. The average molecular weight is 497 g/mol. The van der Waals surface area contributed by atoms with E-state index in [4.69, 9.17) is 0 Å². The minimum Gasteiger partial charge on any atom is -0.331 e. The van der Waals surface area contributed by atoms with Crippen molar-refractivity contribution >= 4 is 17.7 Å². The molecule has 1 amide bonds. The summed E-state index contributed by atoms with van der Waals surface area (Å²) < 4.78 is 0.0834. The van der Waals surface area contributed by atoms with Crippen LogP contribution < -0.4 is 0 Å². The summed E-state index contributed by atoms with van der Waals surface area (Å²) in [5, 5.41) is 0. The van der Waals surface area contributed by atoms with Crippen molar-refractivity contribution in [3.63, 3.8) is 0 Å². The molecule has 1 fully saturated rings. The van der Waals surface area contributed by atoms with Crippen molar-refractivity contribution in [2.24, 2.45) is 0 Å². The van der Waals surface area contributed by atoms with Gasteiger partial charge in [0.15, 0.2) is 0 Å². The van der Waals surface area contributed by atoms with E-state index in [0.717, 1.165) is 44.6 Å². The molecule has 3 aromatic rings. The van der Waals surface area contributed by atoms with E-state index in [1.165, 1.54) is 52.8 Å². The highest BCUT2D eigenvalue weighted by Gasteiger charge is 2.42. The number of rotatable bonds is 8. The molecule has 0 spiro atoms. The van der Waals surface area contributed by atoms with Crippen molar-refractivity contribution < 1.29 is 4.79 Å². The van der Waals surface area contributed by atoms with Crippen LogP contribution in [0.3, 0.4) is 0 Å². The van der Waals surface area contributed by atoms with Gasteiger partial charge in [0.1, 0.15) is 0 Å². The van der Waals surface area contributed by atoms with Gasteiger partial charge in [-0.3, -0.25) is 4.79 Å². The smallest absolute Gasteiger partial charge is 0.254 e. The van der Waals surface area contributed by atoms with Crippen molar-refractivity contribution in [1.82, 2.24) is 9.80 Å². The number of amides is 1. The van der Waals surface area contributed by atoms with Crippen LogP contribution in [0.1, 0.15) is 66.1 Å². The molecular formula is C32H36N2OS. The van der Waals surface area contributed by atoms with Crippen LogP contribution in [0, 0.1) is 0 Å². The van der Waals surface area contributed by atoms with E-state index in [1.54, 1.807) is 0 Å². The van der Waals surface area contributed by atoms with Crippen LogP contribution in [0.25, 0.3) is 11.1 Å². The van der Waals surface area contributed by atoms with E-state index in [1.807, 2.05) is 18.2 Å². The van der Waals surface area contributed by atoms with E-state index < -0.39 is 0 Å². The molecular weight excluding hydrogens is 460 g/mol. The zero-order valence-corrected chi connectivity index (χ0v) is 22.1. The molecule has 3 nitrogen and oxygen atoms in total. The Morgan fingerprint density at radius 3 is 2.11 bits per heavy atom. The summed E-state index contributed by atoms with van der Waals surface area (Å²) >= 11 is 2.16. The normalized spacial score (nSPS) is 18.8. The molecule has 0 aromatic heterocycles. The first-order valence-electron chi connectivity index (χ1n) is 13.7. The number of hydrogen-bond acceptors (Lipinski definition) is 3. The fourth-order valence-corrected chi connectivity index (χ4v) is 8.33. The van der Waals surface area contributed by atoms with Crippen molar-refractivity contribution in [1.29, 1.82) is 0 Å². The molecule has 3 aromatic carbocycles. The lowest BCUT2D eigenvalue weighted by Crippen LogP contribution is -2.45. The highest BCUT2D eigenvalue weighted by Crippen LogP contribution is 2.57. The molecule has 0 atom stereocenters. The molecule has 0 unspecified atom stereocenters. The first kappa shape index (κ1) is 23.8. The lowest BCUT2D eigenvalue weighted by molar-refractivity contribution is 0.0597. The van der Waals surface area contributed by atoms with E-state index in [-0.39, 0.29) is 10.7 Å². The van der Waals surface area contributed by atoms with Crippen molar-refractivity contribution in [3.05, 3.63) is 95.1 Å². The Bertz CT molecular complexity index is 1200. The maximum absolute atomic E-state index is 12.9. The monoisotopic (exact) mass is 496 g/mol. The van der Waals surface area contributed by atoms with Crippen molar-refractivity contribution in [3.8, 4) is 11.1 Å². The number of thioether (sulfide) groups is 1. The Morgan fingerprint density at radius 1 is 0.861 bits per heavy atom. The number of benzene rings is 3. The Kier molecular flexibility index (Phi) is 6.66. The summed E-state index contributed by atoms with van der Waals surface area (Å²) in [7, 11) is 0. The van der Waals surface area contributed by atoms with Gasteiger partial charge in [0.25, 0.3) is 5.91 Å². The van der Waals surface area contributed by atoms with Gasteiger partial charge >= 0.3 is 0 Å². The molecule has 36 heavy (non-hydrogen) atoms. The van der Waals surface area contributed by atoms with Crippen LogP contribution >= 0.6 is 11.8 Å². The molecule has 0 bridgehead atoms. The first-order valence-corrected chi connectivity index (χ1v) is 14.6. The second-order valence-corrected chi connectivity index (χ2v) is 11.9. The van der Waals surface area contributed by atoms with Gasteiger partial charge in [-0.05, 0) is 71.9 Å². The Labute approximate surface area is 219 Å². The van der Waals surface area contributed by atoms with Crippen molar-refractivity contribution in [2.75, 3.05) is 25.4 Å². The Morgan fingerprint density at radius 2 is 1.47 bits per heavy atom. The fourth-order valence-electron chi connectivity index (χ4n) is 6.70. The van der Waals surface area contributed by atoms with Crippen LogP contribution in [0.4, 0.5) is 0 Å². The third-order valence-electron chi connectivity index (χ3n) is 8.43. The van der Waals surface area contributed by atoms with Crippen LogP contribution in [0.15, 0.2) is 72.8 Å². The number of piperidine rings is 1.